The SMILES string of the molecule is CC(C)(C)NC(=O)NC(=O)CN[C@@H](c1ccccc1)c1ccc(OC(F)F)cc1. The van der Waals surface area contributed by atoms with Crippen LogP contribution in [0.25, 0.3) is 0 Å². The second-order valence-corrected chi connectivity index (χ2v) is 7.42. The van der Waals surface area contributed by atoms with Crippen LogP contribution in [0.3, 0.4) is 0 Å². The number of hydrogen-bond acceptors (Lipinski definition) is 4. The maximum absolute atomic E-state index is 12.3. The molecule has 0 spiro atoms. The van der Waals surface area contributed by atoms with Crippen LogP contribution in [0.1, 0.15) is 37.9 Å². The maximum atomic E-state index is 12.3. The third-order valence-electron chi connectivity index (χ3n) is 3.78. The van der Waals surface area contributed by atoms with Gasteiger partial charge in [0.15, 0.2) is 0 Å². The molecule has 0 aliphatic carbocycles. The number of rotatable bonds is 7. The van der Waals surface area contributed by atoms with Crippen LogP contribution in [0.4, 0.5) is 13.6 Å². The van der Waals surface area contributed by atoms with Gasteiger partial charge in [0.25, 0.3) is 0 Å². The number of halogens is 2. The highest BCUT2D eigenvalue weighted by Crippen LogP contribution is 2.24. The first-order valence-corrected chi connectivity index (χ1v) is 9.09. The number of carbonyl (C=O) groups is 2. The van der Waals surface area contributed by atoms with Crippen molar-refractivity contribution in [2.75, 3.05) is 6.54 Å². The number of urea groups is 1. The number of alkyl halides is 2. The van der Waals surface area contributed by atoms with Gasteiger partial charge in [-0.2, -0.15) is 8.78 Å². The van der Waals surface area contributed by atoms with Gasteiger partial charge < -0.3 is 10.1 Å². The zero-order valence-electron chi connectivity index (χ0n) is 16.5. The first-order chi connectivity index (χ1) is 13.6. The molecule has 0 radical (unpaired) electrons. The fourth-order valence-corrected chi connectivity index (χ4v) is 2.65. The summed E-state index contributed by atoms with van der Waals surface area (Å²) >= 11 is 0. The van der Waals surface area contributed by atoms with Gasteiger partial charge in [0, 0.05) is 5.54 Å². The Kier molecular flexibility index (Phi) is 7.67. The van der Waals surface area contributed by atoms with E-state index in [0.717, 1.165) is 11.1 Å². The summed E-state index contributed by atoms with van der Waals surface area (Å²) in [5.74, 6) is -0.447. The molecule has 0 fully saturated rings. The van der Waals surface area contributed by atoms with Crippen molar-refractivity contribution in [2.24, 2.45) is 0 Å². The van der Waals surface area contributed by atoms with Gasteiger partial charge in [0.1, 0.15) is 5.75 Å². The molecule has 0 unspecified atom stereocenters. The minimum absolute atomic E-state index is 0.0483. The lowest BCUT2D eigenvalue weighted by Gasteiger charge is -2.22. The molecule has 6 nitrogen and oxygen atoms in total. The van der Waals surface area contributed by atoms with E-state index in [0.29, 0.717) is 0 Å². The van der Waals surface area contributed by atoms with Crippen molar-refractivity contribution in [3.8, 4) is 5.75 Å². The van der Waals surface area contributed by atoms with Crippen LogP contribution >= 0.6 is 0 Å². The number of carbonyl (C=O) groups excluding carboxylic acids is 2. The van der Waals surface area contributed by atoms with Gasteiger partial charge in [-0.3, -0.25) is 15.4 Å². The molecule has 2 aromatic rings. The van der Waals surface area contributed by atoms with E-state index >= 15 is 0 Å². The molecule has 0 saturated carbocycles. The zero-order valence-corrected chi connectivity index (χ0v) is 16.5. The monoisotopic (exact) mass is 405 g/mol. The van der Waals surface area contributed by atoms with E-state index in [1.54, 1.807) is 12.1 Å². The van der Waals surface area contributed by atoms with E-state index in [4.69, 9.17) is 0 Å². The van der Waals surface area contributed by atoms with E-state index in [9.17, 15) is 18.4 Å². The van der Waals surface area contributed by atoms with E-state index in [1.807, 2.05) is 51.1 Å². The second-order valence-electron chi connectivity index (χ2n) is 7.42. The van der Waals surface area contributed by atoms with Crippen LogP contribution in [-0.4, -0.2) is 30.6 Å². The van der Waals surface area contributed by atoms with Gasteiger partial charge >= 0.3 is 12.6 Å². The Balaban J connectivity index is 2.08. The lowest BCUT2D eigenvalue weighted by Crippen LogP contribution is -2.50. The highest BCUT2D eigenvalue weighted by atomic mass is 19.3. The summed E-state index contributed by atoms with van der Waals surface area (Å²) < 4.78 is 29.1. The Bertz CT molecular complexity index is 806. The molecule has 0 aliphatic heterocycles. The molecule has 8 heteroatoms. The minimum atomic E-state index is -2.90. The van der Waals surface area contributed by atoms with Gasteiger partial charge in [0.05, 0.1) is 12.6 Å². The van der Waals surface area contributed by atoms with E-state index < -0.39 is 24.1 Å². The first kappa shape index (κ1) is 22.3. The molecule has 0 bridgehead atoms. The lowest BCUT2D eigenvalue weighted by molar-refractivity contribution is -0.119. The summed E-state index contributed by atoms with van der Waals surface area (Å²) in [6.45, 7) is 2.41. The fraction of sp³-hybridized carbons (Fsp3) is 0.333. The molecule has 1 atom stereocenters. The number of amides is 3. The molecule has 0 saturated heterocycles. The van der Waals surface area contributed by atoms with Crippen molar-refractivity contribution in [1.29, 1.82) is 0 Å². The number of nitrogens with one attached hydrogen (secondary N) is 3. The number of ether oxygens (including phenoxy) is 1. The van der Waals surface area contributed by atoms with E-state index in [2.05, 4.69) is 20.7 Å². The summed E-state index contributed by atoms with van der Waals surface area (Å²) in [5, 5.41) is 8.02. The highest BCUT2D eigenvalue weighted by molar-refractivity contribution is 5.95. The maximum Gasteiger partial charge on any atom is 0.387 e. The minimum Gasteiger partial charge on any atom is -0.435 e. The number of benzene rings is 2. The summed E-state index contributed by atoms with van der Waals surface area (Å²) in [6.07, 6.45) is 0. The van der Waals surface area contributed by atoms with Gasteiger partial charge in [-0.15, -0.1) is 0 Å². The van der Waals surface area contributed by atoms with Gasteiger partial charge in [-0.25, -0.2) is 4.79 Å². The average molecular weight is 405 g/mol. The molecular formula is C21H25F2N3O3. The standard InChI is InChI=1S/C21H25F2N3O3/c1-21(2,3)26-20(28)25-17(27)13-24-18(14-7-5-4-6-8-14)15-9-11-16(12-10-15)29-19(22)23/h4-12,18-19,24H,13H2,1-3H3,(H2,25,26,27,28)/t18-/m0/s1. The van der Waals surface area contributed by atoms with Gasteiger partial charge in [0.2, 0.25) is 5.91 Å². The van der Waals surface area contributed by atoms with E-state index in [1.165, 1.54) is 12.1 Å². The van der Waals surface area contributed by atoms with Crippen LogP contribution in [-0.2, 0) is 4.79 Å². The zero-order chi connectivity index (χ0) is 21.4. The number of imide groups is 1. The van der Waals surface area contributed by atoms with Crippen LogP contribution in [0.15, 0.2) is 54.6 Å². The average Bonchev–Trinajstić information content (AvgIpc) is 2.62. The Morgan fingerprint density at radius 2 is 1.55 bits per heavy atom. The fourth-order valence-electron chi connectivity index (χ4n) is 2.65. The van der Waals surface area contributed by atoms with Crippen molar-refractivity contribution in [2.45, 2.75) is 39.0 Å². The Hall–Kier alpha value is -3.00. The third-order valence-corrected chi connectivity index (χ3v) is 3.78. The molecule has 3 N–H and O–H groups in total. The Labute approximate surface area is 168 Å². The number of hydrogen-bond donors (Lipinski definition) is 3. The summed E-state index contributed by atoms with van der Waals surface area (Å²) in [5.41, 5.74) is 1.17. The van der Waals surface area contributed by atoms with Crippen LogP contribution in [0.2, 0.25) is 0 Å². The van der Waals surface area contributed by atoms with Crippen LogP contribution < -0.4 is 20.7 Å². The normalized spacial score (nSPS) is 12.3. The Morgan fingerprint density at radius 3 is 2.10 bits per heavy atom. The predicted molar refractivity (Wildman–Crippen MR) is 106 cm³/mol. The van der Waals surface area contributed by atoms with Crippen LogP contribution in [0.5, 0.6) is 5.75 Å². The summed E-state index contributed by atoms with van der Waals surface area (Å²) in [4.78, 5) is 24.0. The topological polar surface area (TPSA) is 79.5 Å². The molecule has 29 heavy (non-hydrogen) atoms. The quantitative estimate of drug-likeness (QED) is 0.658. The molecule has 0 aromatic heterocycles. The first-order valence-electron chi connectivity index (χ1n) is 9.09. The van der Waals surface area contributed by atoms with Crippen molar-refractivity contribution in [3.63, 3.8) is 0 Å². The van der Waals surface area contributed by atoms with Crippen molar-refractivity contribution in [3.05, 3.63) is 65.7 Å². The predicted octanol–water partition coefficient (Wildman–Crippen LogP) is 3.59. The van der Waals surface area contributed by atoms with Crippen molar-refractivity contribution < 1.29 is 23.1 Å². The molecule has 2 rings (SSSR count). The molecule has 0 heterocycles. The van der Waals surface area contributed by atoms with Gasteiger partial charge in [-0.05, 0) is 44.0 Å². The smallest absolute Gasteiger partial charge is 0.387 e. The van der Waals surface area contributed by atoms with Crippen molar-refractivity contribution in [1.82, 2.24) is 16.0 Å². The molecule has 0 aliphatic rings. The van der Waals surface area contributed by atoms with E-state index in [-0.39, 0.29) is 18.3 Å². The molecule has 3 amide bonds. The summed E-state index contributed by atoms with van der Waals surface area (Å²) in [6, 6.07) is 14.6. The highest BCUT2D eigenvalue weighted by Gasteiger charge is 2.18. The summed E-state index contributed by atoms with van der Waals surface area (Å²) in [7, 11) is 0. The Morgan fingerprint density at radius 1 is 0.966 bits per heavy atom. The van der Waals surface area contributed by atoms with Crippen molar-refractivity contribution >= 4 is 11.9 Å². The molecule has 2 aromatic carbocycles. The molecule has 156 valence electrons. The van der Waals surface area contributed by atoms with Gasteiger partial charge in [-0.1, -0.05) is 42.5 Å². The largest absolute Gasteiger partial charge is 0.435 e. The lowest BCUT2D eigenvalue weighted by atomic mass is 9.98. The third kappa shape index (κ3) is 7.87. The second kappa shape index (κ2) is 9.97. The molecular weight excluding hydrogens is 380 g/mol. The van der Waals surface area contributed by atoms with Crippen LogP contribution in [0, 0.1) is 0 Å².